The van der Waals surface area contributed by atoms with Crippen LogP contribution in [0.1, 0.15) is 30.3 Å². The lowest BCUT2D eigenvalue weighted by Gasteiger charge is -2.10. The molecule has 0 fully saturated rings. The second-order valence-corrected chi connectivity index (χ2v) is 5.57. The van der Waals surface area contributed by atoms with Crippen molar-refractivity contribution >= 4 is 11.3 Å². The molecular weight excluding hydrogens is 242 g/mol. The van der Waals surface area contributed by atoms with Crippen molar-refractivity contribution in [3.63, 3.8) is 0 Å². The van der Waals surface area contributed by atoms with E-state index in [1.165, 1.54) is 0 Å². The molecule has 2 rings (SSSR count). The smallest absolute Gasteiger partial charge is 0.142 e. The molecule has 0 bridgehead atoms. The minimum Gasteiger partial charge on any atom is -0.254 e. The van der Waals surface area contributed by atoms with Crippen molar-refractivity contribution in [1.82, 2.24) is 9.97 Å². The second-order valence-electron chi connectivity index (χ2n) is 4.53. The first-order valence-corrected chi connectivity index (χ1v) is 6.73. The molecule has 3 nitrogen and oxygen atoms in total. The molecule has 0 aliphatic rings. The van der Waals surface area contributed by atoms with Gasteiger partial charge in [0.05, 0.1) is 23.4 Å². The predicted octanol–water partition coefficient (Wildman–Crippen LogP) is 3.78. The zero-order valence-corrected chi connectivity index (χ0v) is 11.5. The first-order chi connectivity index (χ1) is 8.63. The first kappa shape index (κ1) is 12.7. The fourth-order valence-electron chi connectivity index (χ4n) is 1.81. The molecule has 0 aliphatic heterocycles. The van der Waals surface area contributed by atoms with Gasteiger partial charge in [-0.25, -0.2) is 4.98 Å². The topological polar surface area (TPSA) is 49.6 Å². The Balaban J connectivity index is 2.42. The first-order valence-electron chi connectivity index (χ1n) is 5.91. The Bertz CT molecular complexity index is 566. The van der Waals surface area contributed by atoms with E-state index < -0.39 is 0 Å². The molecule has 0 aliphatic carbocycles. The lowest BCUT2D eigenvalue weighted by Crippen LogP contribution is -2.03. The SMILES string of the molecule is Cc1nc(-c2ccccn2)sc1C(C#N)C(C)C. The third-order valence-corrected chi connectivity index (χ3v) is 4.07. The molecule has 0 N–H and O–H groups in total. The van der Waals surface area contributed by atoms with Crippen LogP contribution in [-0.2, 0) is 0 Å². The highest BCUT2D eigenvalue weighted by atomic mass is 32.1. The number of hydrogen-bond donors (Lipinski definition) is 0. The molecule has 1 unspecified atom stereocenters. The number of aryl methyl sites for hydroxylation is 1. The molecule has 4 heteroatoms. The van der Waals surface area contributed by atoms with Crippen LogP contribution >= 0.6 is 11.3 Å². The molecule has 2 heterocycles. The molecule has 0 amide bonds. The van der Waals surface area contributed by atoms with Gasteiger partial charge in [-0.2, -0.15) is 5.26 Å². The van der Waals surface area contributed by atoms with Gasteiger partial charge in [0.15, 0.2) is 0 Å². The van der Waals surface area contributed by atoms with Gasteiger partial charge in [-0.1, -0.05) is 19.9 Å². The summed E-state index contributed by atoms with van der Waals surface area (Å²) in [6, 6.07) is 8.15. The Kier molecular flexibility index (Phi) is 3.73. The van der Waals surface area contributed by atoms with Gasteiger partial charge in [0.25, 0.3) is 0 Å². The Morgan fingerprint density at radius 2 is 2.11 bits per heavy atom. The number of thiazole rings is 1. The van der Waals surface area contributed by atoms with Crippen LogP contribution in [-0.4, -0.2) is 9.97 Å². The summed E-state index contributed by atoms with van der Waals surface area (Å²) in [7, 11) is 0. The highest BCUT2D eigenvalue weighted by Crippen LogP contribution is 2.34. The zero-order valence-electron chi connectivity index (χ0n) is 10.7. The number of aromatic nitrogens is 2. The van der Waals surface area contributed by atoms with E-state index in [-0.39, 0.29) is 5.92 Å². The Morgan fingerprint density at radius 1 is 1.33 bits per heavy atom. The number of hydrogen-bond acceptors (Lipinski definition) is 4. The normalized spacial score (nSPS) is 12.4. The van der Waals surface area contributed by atoms with Crippen LogP contribution in [0.3, 0.4) is 0 Å². The largest absolute Gasteiger partial charge is 0.254 e. The summed E-state index contributed by atoms with van der Waals surface area (Å²) in [4.78, 5) is 9.90. The molecule has 0 radical (unpaired) electrons. The predicted molar refractivity (Wildman–Crippen MR) is 73.3 cm³/mol. The molecule has 18 heavy (non-hydrogen) atoms. The lowest BCUT2D eigenvalue weighted by molar-refractivity contribution is 0.591. The van der Waals surface area contributed by atoms with Crippen LogP contribution in [0.5, 0.6) is 0 Å². The number of rotatable bonds is 3. The van der Waals surface area contributed by atoms with Gasteiger partial charge in [0.1, 0.15) is 5.01 Å². The van der Waals surface area contributed by atoms with Crippen molar-refractivity contribution in [3.05, 3.63) is 35.0 Å². The van der Waals surface area contributed by atoms with Crippen LogP contribution in [0.25, 0.3) is 10.7 Å². The van der Waals surface area contributed by atoms with Gasteiger partial charge in [0.2, 0.25) is 0 Å². The third kappa shape index (κ3) is 2.41. The van der Waals surface area contributed by atoms with Gasteiger partial charge in [-0.15, -0.1) is 11.3 Å². The van der Waals surface area contributed by atoms with E-state index in [2.05, 4.69) is 29.9 Å². The van der Waals surface area contributed by atoms with Crippen LogP contribution in [0.4, 0.5) is 0 Å². The van der Waals surface area contributed by atoms with Gasteiger partial charge >= 0.3 is 0 Å². The standard InChI is InChI=1S/C14H15N3S/c1-9(2)11(8-15)13-10(3)17-14(18-13)12-6-4-5-7-16-12/h4-7,9,11H,1-3H3. The van der Waals surface area contributed by atoms with E-state index >= 15 is 0 Å². The van der Waals surface area contributed by atoms with Crippen molar-refractivity contribution in [1.29, 1.82) is 5.26 Å². The minimum absolute atomic E-state index is 0.0834. The van der Waals surface area contributed by atoms with Gasteiger partial charge in [-0.05, 0) is 25.0 Å². The Hall–Kier alpha value is -1.73. The molecule has 92 valence electrons. The maximum atomic E-state index is 9.27. The number of nitriles is 1. The average molecular weight is 257 g/mol. The molecule has 0 saturated carbocycles. The molecular formula is C14H15N3S. The third-order valence-electron chi connectivity index (χ3n) is 2.80. The summed E-state index contributed by atoms with van der Waals surface area (Å²) >= 11 is 1.58. The summed E-state index contributed by atoms with van der Waals surface area (Å²) in [5, 5.41) is 10.2. The molecule has 2 aromatic heterocycles. The van der Waals surface area contributed by atoms with E-state index in [1.807, 2.05) is 25.1 Å². The summed E-state index contributed by atoms with van der Waals surface area (Å²) in [6.45, 7) is 6.09. The van der Waals surface area contributed by atoms with Crippen LogP contribution in [0.15, 0.2) is 24.4 Å². The van der Waals surface area contributed by atoms with Crippen LogP contribution < -0.4 is 0 Å². The highest BCUT2D eigenvalue weighted by molar-refractivity contribution is 7.15. The van der Waals surface area contributed by atoms with Gasteiger partial charge < -0.3 is 0 Å². The van der Waals surface area contributed by atoms with E-state index in [4.69, 9.17) is 0 Å². The molecule has 0 saturated heterocycles. The van der Waals surface area contributed by atoms with Crippen molar-refractivity contribution in [3.8, 4) is 16.8 Å². The summed E-state index contributed by atoms with van der Waals surface area (Å²) in [5.74, 6) is 0.214. The van der Waals surface area contributed by atoms with Crippen LogP contribution in [0.2, 0.25) is 0 Å². The second kappa shape index (κ2) is 5.28. The quantitative estimate of drug-likeness (QED) is 0.840. The molecule has 1 atom stereocenters. The van der Waals surface area contributed by atoms with Gasteiger partial charge in [-0.3, -0.25) is 4.98 Å². The summed E-state index contributed by atoms with van der Waals surface area (Å²) in [5.41, 5.74) is 1.82. The lowest BCUT2D eigenvalue weighted by atomic mass is 9.95. The van der Waals surface area contributed by atoms with E-state index in [1.54, 1.807) is 17.5 Å². The maximum absolute atomic E-state index is 9.27. The van der Waals surface area contributed by atoms with E-state index in [9.17, 15) is 5.26 Å². The molecule has 0 spiro atoms. The average Bonchev–Trinajstić information content (AvgIpc) is 2.73. The summed E-state index contributed by atoms with van der Waals surface area (Å²) in [6.07, 6.45) is 1.76. The van der Waals surface area contributed by atoms with E-state index in [0.717, 1.165) is 21.3 Å². The molecule has 2 aromatic rings. The minimum atomic E-state index is -0.0834. The summed E-state index contributed by atoms with van der Waals surface area (Å²) < 4.78 is 0. The molecule has 0 aromatic carbocycles. The fourth-order valence-corrected chi connectivity index (χ4v) is 3.07. The van der Waals surface area contributed by atoms with Crippen LogP contribution in [0, 0.1) is 24.2 Å². The Labute approximate surface area is 111 Å². The van der Waals surface area contributed by atoms with Crippen molar-refractivity contribution in [2.45, 2.75) is 26.7 Å². The Morgan fingerprint density at radius 3 is 2.67 bits per heavy atom. The van der Waals surface area contributed by atoms with Crippen molar-refractivity contribution in [2.24, 2.45) is 5.92 Å². The fraction of sp³-hybridized carbons (Fsp3) is 0.357. The highest BCUT2D eigenvalue weighted by Gasteiger charge is 2.21. The number of pyridine rings is 1. The van der Waals surface area contributed by atoms with E-state index in [0.29, 0.717) is 5.92 Å². The zero-order chi connectivity index (χ0) is 13.1. The van der Waals surface area contributed by atoms with Crippen molar-refractivity contribution < 1.29 is 0 Å². The maximum Gasteiger partial charge on any atom is 0.142 e. The van der Waals surface area contributed by atoms with Crippen molar-refractivity contribution in [2.75, 3.05) is 0 Å². The number of nitrogens with zero attached hydrogens (tertiary/aromatic N) is 3. The van der Waals surface area contributed by atoms with Gasteiger partial charge in [0, 0.05) is 11.1 Å². The monoisotopic (exact) mass is 257 g/mol.